The molecular weight excluding hydrogens is 829 g/mol. The lowest BCUT2D eigenvalue weighted by atomic mass is 10.0. The maximum atomic E-state index is 12.7. The lowest BCUT2D eigenvalue weighted by Gasteiger charge is -2.18. The Hall–Kier alpha value is -1.85. The molecule has 0 bridgehead atoms. The van der Waals surface area contributed by atoms with E-state index in [0.29, 0.717) is 19.3 Å². The Labute approximate surface area is 418 Å². The predicted molar refractivity (Wildman–Crippen MR) is 289 cm³/mol. The summed E-state index contributed by atoms with van der Waals surface area (Å²) in [6, 6.07) is 0. The number of allylic oxidation sites excluding steroid dienone is 2. The highest BCUT2D eigenvalue weighted by molar-refractivity contribution is 5.71. The first-order chi connectivity index (χ1) is 33.0. The molecule has 0 saturated heterocycles. The van der Waals surface area contributed by atoms with Gasteiger partial charge < -0.3 is 14.2 Å². The molecule has 0 amide bonds. The number of hydrogen-bond donors (Lipinski definition) is 0. The van der Waals surface area contributed by atoms with Crippen LogP contribution in [0.3, 0.4) is 0 Å². The van der Waals surface area contributed by atoms with E-state index in [-0.39, 0.29) is 31.1 Å². The number of carbonyl (C=O) groups excluding carboxylic acids is 3. The van der Waals surface area contributed by atoms with Crippen LogP contribution in [0.5, 0.6) is 0 Å². The van der Waals surface area contributed by atoms with Gasteiger partial charge in [-0.15, -0.1) is 0 Å². The van der Waals surface area contributed by atoms with E-state index >= 15 is 0 Å². The van der Waals surface area contributed by atoms with Crippen LogP contribution in [-0.4, -0.2) is 37.2 Å². The van der Waals surface area contributed by atoms with E-state index < -0.39 is 6.10 Å². The van der Waals surface area contributed by atoms with Crippen LogP contribution in [0.15, 0.2) is 12.2 Å². The first-order valence-electron chi connectivity index (χ1n) is 30.2. The minimum absolute atomic E-state index is 0.0638. The minimum atomic E-state index is -0.760. The van der Waals surface area contributed by atoms with E-state index in [2.05, 4.69) is 32.9 Å². The van der Waals surface area contributed by atoms with Crippen molar-refractivity contribution in [1.29, 1.82) is 0 Å². The van der Waals surface area contributed by atoms with E-state index in [9.17, 15) is 14.4 Å². The van der Waals surface area contributed by atoms with Crippen molar-refractivity contribution in [3.05, 3.63) is 12.2 Å². The summed E-state index contributed by atoms with van der Waals surface area (Å²) in [6.45, 7) is 6.64. The molecule has 0 saturated carbocycles. The maximum absolute atomic E-state index is 12.7. The molecule has 0 aliphatic heterocycles. The molecule has 0 fully saturated rings. The second kappa shape index (κ2) is 56.7. The summed E-state index contributed by atoms with van der Waals surface area (Å²) in [5.74, 6) is -0.849. The van der Waals surface area contributed by atoms with Crippen LogP contribution >= 0.6 is 0 Å². The molecule has 0 heterocycles. The standard InChI is InChI=1S/C61H116O6/c1-4-7-10-13-16-19-20-21-22-23-24-25-26-27-28-29-30-31-32-33-34-35-36-37-38-39-40-43-45-48-51-54-60(63)66-57-58(67-61(64)55-52-49-46-42-18-15-12-9-6-3)56-65-59(62)53-50-47-44-41-17-14-11-8-5-2/h23-24,58H,4-22,25-57H2,1-3H3/b24-23-. The van der Waals surface area contributed by atoms with Gasteiger partial charge in [-0.3, -0.25) is 14.4 Å². The van der Waals surface area contributed by atoms with Crippen molar-refractivity contribution >= 4 is 17.9 Å². The van der Waals surface area contributed by atoms with Crippen LogP contribution in [0.25, 0.3) is 0 Å². The average molecular weight is 946 g/mol. The monoisotopic (exact) mass is 945 g/mol. The normalized spacial score (nSPS) is 12.0. The Balaban J connectivity index is 3.91. The van der Waals surface area contributed by atoms with Crippen LogP contribution in [0.4, 0.5) is 0 Å². The van der Waals surface area contributed by atoms with Gasteiger partial charge in [-0.25, -0.2) is 0 Å². The van der Waals surface area contributed by atoms with Gasteiger partial charge in [0.1, 0.15) is 13.2 Å². The van der Waals surface area contributed by atoms with E-state index in [1.54, 1.807) is 0 Å². The van der Waals surface area contributed by atoms with Crippen LogP contribution in [0.1, 0.15) is 342 Å². The van der Waals surface area contributed by atoms with Crippen molar-refractivity contribution in [2.45, 2.75) is 348 Å². The van der Waals surface area contributed by atoms with Gasteiger partial charge in [0.25, 0.3) is 0 Å². The highest BCUT2D eigenvalue weighted by Crippen LogP contribution is 2.17. The molecular formula is C61H116O6. The van der Waals surface area contributed by atoms with Crippen molar-refractivity contribution in [3.8, 4) is 0 Å². The number of carbonyl (C=O) groups is 3. The third-order valence-corrected chi connectivity index (χ3v) is 13.8. The Kier molecular flexibility index (Phi) is 55.2. The molecule has 67 heavy (non-hydrogen) atoms. The lowest BCUT2D eigenvalue weighted by Crippen LogP contribution is -2.30. The fraction of sp³-hybridized carbons (Fsp3) is 0.918. The summed E-state index contributed by atoms with van der Waals surface area (Å²) in [5, 5.41) is 0. The second-order valence-electron chi connectivity index (χ2n) is 20.6. The largest absolute Gasteiger partial charge is 0.462 e. The summed E-state index contributed by atoms with van der Waals surface area (Å²) in [5.41, 5.74) is 0. The molecule has 0 aromatic heterocycles. The smallest absolute Gasteiger partial charge is 0.306 e. The first kappa shape index (κ1) is 65.1. The molecule has 0 aromatic carbocycles. The van der Waals surface area contributed by atoms with Gasteiger partial charge in [-0.05, 0) is 44.9 Å². The van der Waals surface area contributed by atoms with Crippen LogP contribution < -0.4 is 0 Å². The summed E-state index contributed by atoms with van der Waals surface area (Å²) >= 11 is 0. The highest BCUT2D eigenvalue weighted by atomic mass is 16.6. The van der Waals surface area contributed by atoms with Crippen molar-refractivity contribution < 1.29 is 28.6 Å². The number of esters is 3. The van der Waals surface area contributed by atoms with Gasteiger partial charge in [0.15, 0.2) is 6.10 Å². The SMILES string of the molecule is CCCCCCCCCC/C=C\CCCCCCCCCCCCCCCCCCCCCC(=O)OCC(COC(=O)CCCCCCCCCCC)OC(=O)CCCCCCCCCCC. The number of ether oxygens (including phenoxy) is 3. The van der Waals surface area contributed by atoms with E-state index in [0.717, 1.165) is 57.8 Å². The topological polar surface area (TPSA) is 78.9 Å². The number of unbranched alkanes of at least 4 members (excludes halogenated alkanes) is 43. The zero-order valence-corrected chi connectivity index (χ0v) is 45.5. The van der Waals surface area contributed by atoms with E-state index in [1.807, 2.05) is 0 Å². The first-order valence-corrected chi connectivity index (χ1v) is 30.2. The van der Waals surface area contributed by atoms with Crippen LogP contribution in [0, 0.1) is 0 Å². The molecule has 6 nitrogen and oxygen atoms in total. The molecule has 1 unspecified atom stereocenters. The van der Waals surface area contributed by atoms with E-state index in [4.69, 9.17) is 14.2 Å². The summed E-state index contributed by atoms with van der Waals surface area (Å²) in [7, 11) is 0. The fourth-order valence-corrected chi connectivity index (χ4v) is 9.21. The summed E-state index contributed by atoms with van der Waals surface area (Å²) < 4.78 is 16.8. The molecule has 0 aliphatic rings. The Morgan fingerprint density at radius 3 is 0.746 bits per heavy atom. The maximum Gasteiger partial charge on any atom is 0.306 e. The van der Waals surface area contributed by atoms with E-state index in [1.165, 1.54) is 244 Å². The molecule has 0 spiro atoms. The fourth-order valence-electron chi connectivity index (χ4n) is 9.21. The van der Waals surface area contributed by atoms with Gasteiger partial charge in [-0.1, -0.05) is 290 Å². The molecule has 6 heteroatoms. The predicted octanol–water partition coefficient (Wildman–Crippen LogP) is 20.1. The zero-order chi connectivity index (χ0) is 48.6. The third-order valence-electron chi connectivity index (χ3n) is 13.8. The lowest BCUT2D eigenvalue weighted by molar-refractivity contribution is -0.167. The van der Waals surface area contributed by atoms with Gasteiger partial charge in [0.2, 0.25) is 0 Å². The van der Waals surface area contributed by atoms with Crippen molar-refractivity contribution in [3.63, 3.8) is 0 Å². The highest BCUT2D eigenvalue weighted by Gasteiger charge is 2.19. The quantitative estimate of drug-likeness (QED) is 0.0262. The molecule has 0 radical (unpaired) electrons. The van der Waals surface area contributed by atoms with Crippen molar-refractivity contribution in [2.24, 2.45) is 0 Å². The van der Waals surface area contributed by atoms with Crippen molar-refractivity contribution in [2.75, 3.05) is 13.2 Å². The molecule has 0 rings (SSSR count). The van der Waals surface area contributed by atoms with Gasteiger partial charge in [0, 0.05) is 19.3 Å². The molecule has 0 N–H and O–H groups in total. The summed E-state index contributed by atoms with van der Waals surface area (Å²) in [6.07, 6.45) is 65.4. The molecule has 0 aliphatic carbocycles. The summed E-state index contributed by atoms with van der Waals surface area (Å²) in [4.78, 5) is 37.9. The van der Waals surface area contributed by atoms with Crippen LogP contribution in [-0.2, 0) is 28.6 Å². The van der Waals surface area contributed by atoms with Crippen LogP contribution in [0.2, 0.25) is 0 Å². The third kappa shape index (κ3) is 55.0. The number of rotatable bonds is 56. The molecule has 1 atom stereocenters. The molecule has 396 valence electrons. The van der Waals surface area contributed by atoms with Crippen molar-refractivity contribution in [1.82, 2.24) is 0 Å². The van der Waals surface area contributed by atoms with Gasteiger partial charge >= 0.3 is 17.9 Å². The Bertz CT molecular complexity index is 1040. The number of hydrogen-bond acceptors (Lipinski definition) is 6. The minimum Gasteiger partial charge on any atom is -0.462 e. The zero-order valence-electron chi connectivity index (χ0n) is 45.5. The average Bonchev–Trinajstić information content (AvgIpc) is 3.33. The van der Waals surface area contributed by atoms with Gasteiger partial charge in [0.05, 0.1) is 0 Å². The second-order valence-corrected chi connectivity index (χ2v) is 20.6. The van der Waals surface area contributed by atoms with Gasteiger partial charge in [-0.2, -0.15) is 0 Å². The Morgan fingerprint density at radius 2 is 0.493 bits per heavy atom. The molecule has 0 aromatic rings. The Morgan fingerprint density at radius 1 is 0.284 bits per heavy atom.